The van der Waals surface area contributed by atoms with E-state index in [1.165, 1.54) is 62.2 Å². The Balaban J connectivity index is 1.08. The molecule has 5 heteroatoms. The van der Waals surface area contributed by atoms with Crippen molar-refractivity contribution in [1.82, 2.24) is 15.0 Å². The molecule has 3 aromatic heterocycles. The SMILES string of the molecule is c1ccc(-c2nc(-c3ccccc3)nc(-c3cccc(-c4cccc(-c5cc6sc7ccccc7c6c6c5ccc5c7ccccc7sc56)c4)c3)n2)cc1. The largest absolute Gasteiger partial charge is 0.208 e. The van der Waals surface area contributed by atoms with Crippen LogP contribution in [0.5, 0.6) is 0 Å². The standard InChI is InChI=1S/C49H29N3S2/c1-3-13-30(14-4-1)47-50-48(31-15-5-2-6-16-31)52-49(51-47)35-20-12-18-33(28-35)32-17-11-19-34(27-32)40-29-43-44(39-22-8-10-24-42(39)53-43)45-37(40)25-26-38-36-21-7-9-23-41(36)54-46(38)45/h1-29H. The molecular weight excluding hydrogens is 695 g/mol. The van der Waals surface area contributed by atoms with Gasteiger partial charge in [-0.1, -0.05) is 146 Å². The van der Waals surface area contributed by atoms with Gasteiger partial charge in [0.05, 0.1) is 0 Å². The van der Waals surface area contributed by atoms with Gasteiger partial charge in [0.2, 0.25) is 0 Å². The van der Waals surface area contributed by atoms with Crippen LogP contribution in [0.1, 0.15) is 0 Å². The summed E-state index contributed by atoms with van der Waals surface area (Å²) in [4.78, 5) is 14.9. The summed E-state index contributed by atoms with van der Waals surface area (Å²) in [7, 11) is 0. The highest BCUT2D eigenvalue weighted by Gasteiger charge is 2.19. The van der Waals surface area contributed by atoms with Gasteiger partial charge in [-0.05, 0) is 58.0 Å². The number of hydrogen-bond donors (Lipinski definition) is 0. The Bertz CT molecular complexity index is 3160. The summed E-state index contributed by atoms with van der Waals surface area (Å²) >= 11 is 3.79. The Kier molecular flexibility index (Phi) is 7.22. The first-order chi connectivity index (χ1) is 26.7. The lowest BCUT2D eigenvalue weighted by Gasteiger charge is -2.13. The summed E-state index contributed by atoms with van der Waals surface area (Å²) in [6.07, 6.45) is 0. The minimum atomic E-state index is 0.647. The van der Waals surface area contributed by atoms with E-state index in [4.69, 9.17) is 15.0 Å². The van der Waals surface area contributed by atoms with Crippen molar-refractivity contribution in [2.24, 2.45) is 0 Å². The zero-order valence-corrected chi connectivity index (χ0v) is 30.5. The van der Waals surface area contributed by atoms with E-state index in [2.05, 4.69) is 115 Å². The molecule has 0 amide bonds. The van der Waals surface area contributed by atoms with Gasteiger partial charge in [0, 0.05) is 62.4 Å². The van der Waals surface area contributed by atoms with Crippen LogP contribution in [0.15, 0.2) is 176 Å². The predicted octanol–water partition coefficient (Wildman–Crippen LogP) is 14.1. The molecule has 0 atom stereocenters. The van der Waals surface area contributed by atoms with Crippen molar-refractivity contribution in [3.8, 4) is 56.4 Å². The molecular formula is C49H29N3S2. The Morgan fingerprint density at radius 2 is 0.796 bits per heavy atom. The van der Waals surface area contributed by atoms with Gasteiger partial charge in [-0.3, -0.25) is 0 Å². The van der Waals surface area contributed by atoms with Crippen LogP contribution in [0.25, 0.3) is 108 Å². The van der Waals surface area contributed by atoms with E-state index in [9.17, 15) is 0 Å². The van der Waals surface area contributed by atoms with Crippen molar-refractivity contribution >= 4 is 73.8 Å². The monoisotopic (exact) mass is 723 g/mol. The zero-order chi connectivity index (χ0) is 35.6. The van der Waals surface area contributed by atoms with Crippen molar-refractivity contribution in [1.29, 1.82) is 0 Å². The third-order valence-electron chi connectivity index (χ3n) is 10.3. The molecule has 8 aromatic carbocycles. The highest BCUT2D eigenvalue weighted by atomic mass is 32.1. The molecule has 0 N–H and O–H groups in total. The number of benzene rings is 8. The van der Waals surface area contributed by atoms with E-state index in [1.54, 1.807) is 0 Å². The van der Waals surface area contributed by atoms with Crippen LogP contribution in [0.2, 0.25) is 0 Å². The lowest BCUT2D eigenvalue weighted by Crippen LogP contribution is -2.00. The average Bonchev–Trinajstić information content (AvgIpc) is 3.82. The van der Waals surface area contributed by atoms with Gasteiger partial charge < -0.3 is 0 Å². The maximum Gasteiger partial charge on any atom is 0.164 e. The van der Waals surface area contributed by atoms with Crippen LogP contribution in [-0.4, -0.2) is 15.0 Å². The first-order valence-corrected chi connectivity index (χ1v) is 19.6. The molecule has 3 nitrogen and oxygen atoms in total. The van der Waals surface area contributed by atoms with Gasteiger partial charge in [0.15, 0.2) is 17.5 Å². The summed E-state index contributed by atoms with van der Waals surface area (Å²) in [5.41, 5.74) is 7.55. The number of aromatic nitrogens is 3. The topological polar surface area (TPSA) is 38.7 Å². The van der Waals surface area contributed by atoms with Crippen molar-refractivity contribution in [3.05, 3.63) is 176 Å². The molecule has 0 aliphatic rings. The predicted molar refractivity (Wildman–Crippen MR) is 230 cm³/mol. The fourth-order valence-electron chi connectivity index (χ4n) is 7.77. The fraction of sp³-hybridized carbons (Fsp3) is 0. The zero-order valence-electron chi connectivity index (χ0n) is 28.9. The molecule has 0 bridgehead atoms. The molecule has 0 radical (unpaired) electrons. The van der Waals surface area contributed by atoms with Crippen molar-refractivity contribution < 1.29 is 0 Å². The maximum atomic E-state index is 5.00. The quantitative estimate of drug-likeness (QED) is 0.177. The minimum Gasteiger partial charge on any atom is -0.208 e. The molecule has 0 aliphatic heterocycles. The van der Waals surface area contributed by atoms with Gasteiger partial charge in [-0.25, -0.2) is 15.0 Å². The van der Waals surface area contributed by atoms with E-state index in [0.29, 0.717) is 17.5 Å². The van der Waals surface area contributed by atoms with Crippen molar-refractivity contribution in [2.45, 2.75) is 0 Å². The van der Waals surface area contributed by atoms with Gasteiger partial charge in [0.1, 0.15) is 0 Å². The van der Waals surface area contributed by atoms with E-state index in [-0.39, 0.29) is 0 Å². The van der Waals surface area contributed by atoms with E-state index < -0.39 is 0 Å². The highest BCUT2D eigenvalue weighted by molar-refractivity contribution is 7.28. The summed E-state index contributed by atoms with van der Waals surface area (Å²) in [5.74, 6) is 1.96. The smallest absolute Gasteiger partial charge is 0.164 e. The van der Waals surface area contributed by atoms with Crippen LogP contribution in [0.3, 0.4) is 0 Å². The Labute approximate surface area is 319 Å². The normalized spacial score (nSPS) is 11.7. The minimum absolute atomic E-state index is 0.647. The molecule has 252 valence electrons. The molecule has 11 rings (SSSR count). The van der Waals surface area contributed by atoms with Gasteiger partial charge in [0.25, 0.3) is 0 Å². The van der Waals surface area contributed by atoms with E-state index in [1.807, 2.05) is 83.3 Å². The number of hydrogen-bond acceptors (Lipinski definition) is 5. The second-order valence-corrected chi connectivity index (χ2v) is 15.7. The molecule has 0 spiro atoms. The Morgan fingerprint density at radius 3 is 1.48 bits per heavy atom. The number of thiophene rings is 2. The van der Waals surface area contributed by atoms with Crippen LogP contribution in [-0.2, 0) is 0 Å². The van der Waals surface area contributed by atoms with Crippen LogP contribution in [0, 0.1) is 0 Å². The van der Waals surface area contributed by atoms with Gasteiger partial charge in [-0.15, -0.1) is 22.7 Å². The summed E-state index contributed by atoms with van der Waals surface area (Å²) < 4.78 is 5.31. The highest BCUT2D eigenvalue weighted by Crippen LogP contribution is 2.48. The number of nitrogens with zero attached hydrogens (tertiary/aromatic N) is 3. The fourth-order valence-corrected chi connectivity index (χ4v) is 10.2. The summed E-state index contributed by atoms with van der Waals surface area (Å²) in [5, 5.41) is 7.97. The molecule has 54 heavy (non-hydrogen) atoms. The second-order valence-electron chi connectivity index (χ2n) is 13.6. The third-order valence-corrected chi connectivity index (χ3v) is 12.6. The number of rotatable bonds is 5. The van der Waals surface area contributed by atoms with Gasteiger partial charge in [-0.2, -0.15) is 0 Å². The maximum absolute atomic E-state index is 5.00. The van der Waals surface area contributed by atoms with Crippen LogP contribution in [0.4, 0.5) is 0 Å². The molecule has 0 saturated heterocycles. The lowest BCUT2D eigenvalue weighted by molar-refractivity contribution is 1.07. The van der Waals surface area contributed by atoms with Crippen LogP contribution < -0.4 is 0 Å². The molecule has 3 heterocycles. The third kappa shape index (κ3) is 5.12. The first-order valence-electron chi connectivity index (χ1n) is 18.0. The van der Waals surface area contributed by atoms with Crippen LogP contribution >= 0.6 is 22.7 Å². The molecule has 0 saturated carbocycles. The van der Waals surface area contributed by atoms with Crippen molar-refractivity contribution in [2.75, 3.05) is 0 Å². The molecule has 11 aromatic rings. The average molecular weight is 724 g/mol. The molecule has 0 fully saturated rings. The van der Waals surface area contributed by atoms with E-state index >= 15 is 0 Å². The summed E-state index contributed by atoms with van der Waals surface area (Å²) in [6.45, 7) is 0. The molecule has 0 unspecified atom stereocenters. The Hall–Kier alpha value is -6.53. The van der Waals surface area contributed by atoms with Crippen molar-refractivity contribution in [3.63, 3.8) is 0 Å². The second kappa shape index (κ2) is 12.6. The molecule has 0 aliphatic carbocycles. The number of fused-ring (bicyclic) bond motifs is 9. The van der Waals surface area contributed by atoms with Gasteiger partial charge >= 0.3 is 0 Å². The summed E-state index contributed by atoms with van der Waals surface area (Å²) in [6, 6.07) is 62.5. The Morgan fingerprint density at radius 1 is 0.296 bits per heavy atom. The first kappa shape index (κ1) is 31.0. The van der Waals surface area contributed by atoms with E-state index in [0.717, 1.165) is 27.8 Å². The lowest BCUT2D eigenvalue weighted by atomic mass is 9.92.